The summed E-state index contributed by atoms with van der Waals surface area (Å²) >= 11 is 0. The molecule has 2 N–H and O–H groups in total. The first-order valence-corrected chi connectivity index (χ1v) is 10.2. The van der Waals surface area contributed by atoms with E-state index >= 15 is 0 Å². The van der Waals surface area contributed by atoms with Gasteiger partial charge in [-0.15, -0.1) is 0 Å². The van der Waals surface area contributed by atoms with Gasteiger partial charge in [0.2, 0.25) is 5.91 Å². The molecule has 7 unspecified atom stereocenters. The highest BCUT2D eigenvalue weighted by molar-refractivity contribution is 5.77. The number of likely N-dealkylation sites (tertiary alicyclic amines) is 1. The van der Waals surface area contributed by atoms with Crippen LogP contribution in [0, 0.1) is 34.5 Å². The maximum Gasteiger partial charge on any atom is 0.222 e. The van der Waals surface area contributed by atoms with E-state index in [1.165, 1.54) is 38.5 Å². The molecule has 1 amide bonds. The van der Waals surface area contributed by atoms with Gasteiger partial charge < -0.3 is 15.4 Å². The number of piperidine rings is 1. The van der Waals surface area contributed by atoms with Crippen molar-refractivity contribution in [2.45, 2.75) is 71.3 Å². The molecule has 142 valence electrons. The number of hydrogen-bond acceptors (Lipinski definition) is 3. The van der Waals surface area contributed by atoms with Gasteiger partial charge in [-0.1, -0.05) is 13.8 Å². The Morgan fingerprint density at radius 3 is 2.40 bits per heavy atom. The van der Waals surface area contributed by atoms with Gasteiger partial charge in [-0.05, 0) is 86.0 Å². The summed E-state index contributed by atoms with van der Waals surface area (Å²) in [5.74, 6) is 3.71. The SMILES string of the molecule is C=O.CN1C(=O)CCC2(C)C3CCC4(C)C(CN)CCC4C3CCC12. The van der Waals surface area contributed by atoms with Crippen molar-refractivity contribution in [2.24, 2.45) is 40.2 Å². The Kier molecular flexibility index (Phi) is 5.04. The van der Waals surface area contributed by atoms with Gasteiger partial charge >= 0.3 is 0 Å². The third kappa shape index (κ3) is 2.58. The lowest BCUT2D eigenvalue weighted by atomic mass is 9.47. The molecule has 0 aromatic rings. The molecule has 3 saturated carbocycles. The summed E-state index contributed by atoms with van der Waals surface area (Å²) < 4.78 is 0. The van der Waals surface area contributed by atoms with E-state index in [1.54, 1.807) is 0 Å². The quantitative estimate of drug-likeness (QED) is 0.791. The van der Waals surface area contributed by atoms with Crippen molar-refractivity contribution in [3.05, 3.63) is 0 Å². The highest BCUT2D eigenvalue weighted by Crippen LogP contribution is 2.65. The molecule has 1 saturated heterocycles. The fourth-order valence-corrected chi connectivity index (χ4v) is 7.65. The van der Waals surface area contributed by atoms with Crippen LogP contribution in [0.25, 0.3) is 0 Å². The molecule has 4 rings (SSSR count). The third-order valence-corrected chi connectivity index (χ3v) is 9.04. The predicted molar refractivity (Wildman–Crippen MR) is 99.8 cm³/mol. The lowest BCUT2D eigenvalue weighted by Gasteiger charge is -2.61. The molecule has 0 aromatic heterocycles. The minimum atomic E-state index is 0.355. The summed E-state index contributed by atoms with van der Waals surface area (Å²) in [5.41, 5.74) is 6.97. The zero-order valence-corrected chi connectivity index (χ0v) is 16.3. The Bertz CT molecular complexity index is 524. The molecule has 1 aliphatic heterocycles. The predicted octanol–water partition coefficient (Wildman–Crippen LogP) is 3.24. The van der Waals surface area contributed by atoms with E-state index in [4.69, 9.17) is 10.5 Å². The van der Waals surface area contributed by atoms with Crippen LogP contribution in [0.4, 0.5) is 0 Å². The Morgan fingerprint density at radius 1 is 1.04 bits per heavy atom. The smallest absolute Gasteiger partial charge is 0.222 e. The van der Waals surface area contributed by atoms with Gasteiger partial charge in [-0.25, -0.2) is 0 Å². The van der Waals surface area contributed by atoms with Crippen molar-refractivity contribution in [3.63, 3.8) is 0 Å². The second-order valence-electron chi connectivity index (χ2n) is 9.53. The zero-order chi connectivity index (χ0) is 18.4. The number of hydrogen-bond donors (Lipinski definition) is 1. The normalized spacial score (nSPS) is 48.7. The summed E-state index contributed by atoms with van der Waals surface area (Å²) in [7, 11) is 2.05. The van der Waals surface area contributed by atoms with Crippen LogP contribution < -0.4 is 5.73 Å². The summed E-state index contributed by atoms with van der Waals surface area (Å²) in [6.45, 7) is 7.93. The van der Waals surface area contributed by atoms with Crippen molar-refractivity contribution in [1.29, 1.82) is 0 Å². The first kappa shape index (κ1) is 18.9. The van der Waals surface area contributed by atoms with Gasteiger partial charge in [0.25, 0.3) is 0 Å². The summed E-state index contributed by atoms with van der Waals surface area (Å²) in [4.78, 5) is 22.3. The second-order valence-corrected chi connectivity index (χ2v) is 9.53. The van der Waals surface area contributed by atoms with Gasteiger partial charge in [0.15, 0.2) is 0 Å². The number of nitrogens with two attached hydrogens (primary N) is 1. The van der Waals surface area contributed by atoms with E-state index in [9.17, 15) is 4.79 Å². The van der Waals surface area contributed by atoms with Crippen LogP contribution in [0.2, 0.25) is 0 Å². The molecule has 1 heterocycles. The van der Waals surface area contributed by atoms with Crippen LogP contribution in [-0.4, -0.2) is 37.2 Å². The molecule has 0 bridgehead atoms. The van der Waals surface area contributed by atoms with Crippen molar-refractivity contribution >= 4 is 12.7 Å². The van der Waals surface area contributed by atoms with E-state index < -0.39 is 0 Å². The molecule has 25 heavy (non-hydrogen) atoms. The van der Waals surface area contributed by atoms with Crippen LogP contribution in [0.1, 0.15) is 65.2 Å². The van der Waals surface area contributed by atoms with Gasteiger partial charge in [0.1, 0.15) is 6.79 Å². The van der Waals surface area contributed by atoms with Crippen molar-refractivity contribution in [1.82, 2.24) is 4.90 Å². The lowest BCUT2D eigenvalue weighted by molar-refractivity contribution is -0.158. The largest absolute Gasteiger partial charge is 0.342 e. The number of amides is 1. The molecule has 0 radical (unpaired) electrons. The van der Waals surface area contributed by atoms with Gasteiger partial charge in [0, 0.05) is 19.5 Å². The molecular weight excluding hydrogens is 312 g/mol. The summed E-state index contributed by atoms with van der Waals surface area (Å²) in [6, 6.07) is 0.487. The molecule has 7 atom stereocenters. The summed E-state index contributed by atoms with van der Waals surface area (Å²) in [5, 5.41) is 0. The maximum absolute atomic E-state index is 12.2. The van der Waals surface area contributed by atoms with Crippen LogP contribution in [0.5, 0.6) is 0 Å². The first-order chi connectivity index (χ1) is 11.9. The molecule has 3 aliphatic carbocycles. The lowest BCUT2D eigenvalue weighted by Crippen LogP contribution is -2.61. The highest BCUT2D eigenvalue weighted by Gasteiger charge is 2.60. The molecule has 4 heteroatoms. The van der Waals surface area contributed by atoms with E-state index in [0.29, 0.717) is 22.8 Å². The average Bonchev–Trinajstić information content (AvgIpc) is 2.97. The minimum Gasteiger partial charge on any atom is -0.342 e. The molecule has 4 nitrogen and oxygen atoms in total. The monoisotopic (exact) mass is 348 g/mol. The molecule has 0 aromatic carbocycles. The third-order valence-electron chi connectivity index (χ3n) is 9.04. The van der Waals surface area contributed by atoms with Gasteiger partial charge in [-0.2, -0.15) is 0 Å². The van der Waals surface area contributed by atoms with E-state index in [-0.39, 0.29) is 0 Å². The fourth-order valence-electron chi connectivity index (χ4n) is 7.65. The molecule has 0 spiro atoms. The Labute approximate surface area is 152 Å². The fraction of sp³-hybridized carbons (Fsp3) is 0.905. The zero-order valence-electron chi connectivity index (χ0n) is 16.3. The number of carbonyl (C=O) groups excluding carboxylic acids is 2. The first-order valence-electron chi connectivity index (χ1n) is 10.2. The molecule has 4 fully saturated rings. The Balaban J connectivity index is 0.000000880. The topological polar surface area (TPSA) is 63.4 Å². The van der Waals surface area contributed by atoms with Crippen LogP contribution in [0.15, 0.2) is 0 Å². The molecule has 4 aliphatic rings. The van der Waals surface area contributed by atoms with Crippen molar-refractivity contribution < 1.29 is 9.59 Å². The minimum absolute atomic E-state index is 0.355. The van der Waals surface area contributed by atoms with E-state index in [1.807, 2.05) is 6.79 Å². The average molecular weight is 349 g/mol. The second kappa shape index (κ2) is 6.68. The van der Waals surface area contributed by atoms with E-state index in [2.05, 4.69) is 25.8 Å². The Morgan fingerprint density at radius 2 is 1.72 bits per heavy atom. The number of rotatable bonds is 1. The highest BCUT2D eigenvalue weighted by atomic mass is 16.2. The summed E-state index contributed by atoms with van der Waals surface area (Å²) in [6.07, 6.45) is 9.91. The van der Waals surface area contributed by atoms with Crippen molar-refractivity contribution in [2.75, 3.05) is 13.6 Å². The van der Waals surface area contributed by atoms with E-state index in [0.717, 1.165) is 43.1 Å². The van der Waals surface area contributed by atoms with Crippen molar-refractivity contribution in [3.8, 4) is 0 Å². The number of carbonyl (C=O) groups is 2. The standard InChI is InChI=1S/C20H34N2O.CH2O/c1-19-10-8-16-14(15(19)6-4-13(19)12-21)5-7-17-20(16,2)11-9-18(23)22(17)3;1-2/h13-17H,4-12,21H2,1-3H3;1H2. The van der Waals surface area contributed by atoms with Gasteiger partial charge in [-0.3, -0.25) is 4.79 Å². The van der Waals surface area contributed by atoms with Crippen LogP contribution in [0.3, 0.4) is 0 Å². The van der Waals surface area contributed by atoms with Crippen LogP contribution in [-0.2, 0) is 9.59 Å². The van der Waals surface area contributed by atoms with Crippen LogP contribution >= 0.6 is 0 Å². The number of nitrogens with zero attached hydrogens (tertiary/aromatic N) is 1. The Hall–Kier alpha value is -0.900. The number of fused-ring (bicyclic) bond motifs is 5. The molecular formula is C21H36N2O2. The van der Waals surface area contributed by atoms with Gasteiger partial charge in [0.05, 0.1) is 0 Å². The maximum atomic E-state index is 12.2.